The van der Waals surface area contributed by atoms with E-state index in [1.165, 1.54) is 6.42 Å². The van der Waals surface area contributed by atoms with Gasteiger partial charge in [0.1, 0.15) is 17.5 Å². The van der Waals surface area contributed by atoms with E-state index in [2.05, 4.69) is 40.1 Å². The third-order valence-corrected chi connectivity index (χ3v) is 9.62. The molecular formula is C32H38BrN5O3. The Kier molecular flexibility index (Phi) is 7.90. The van der Waals surface area contributed by atoms with Crippen molar-refractivity contribution in [3.63, 3.8) is 0 Å². The number of carbonyl (C=O) groups excluding carboxylic acids is 2. The molecule has 0 radical (unpaired) electrons. The Morgan fingerprint density at radius 2 is 1.88 bits per heavy atom. The van der Waals surface area contributed by atoms with E-state index >= 15 is 0 Å². The van der Waals surface area contributed by atoms with Gasteiger partial charge < -0.3 is 14.5 Å². The fourth-order valence-corrected chi connectivity index (χ4v) is 7.12. The van der Waals surface area contributed by atoms with E-state index in [4.69, 9.17) is 4.74 Å². The number of ether oxygens (including phenoxy) is 1. The summed E-state index contributed by atoms with van der Waals surface area (Å²) in [7, 11) is 0. The Hall–Kier alpha value is -3.20. The molecule has 0 bridgehead atoms. The number of carbonyl (C=O) groups is 2. The maximum Gasteiger partial charge on any atom is 0.254 e. The first-order chi connectivity index (χ1) is 19.8. The molecule has 8 nitrogen and oxygen atoms in total. The Balaban J connectivity index is 1.37. The quantitative estimate of drug-likeness (QED) is 0.305. The van der Waals surface area contributed by atoms with Gasteiger partial charge in [0.15, 0.2) is 0 Å². The minimum Gasteiger partial charge on any atom is -0.484 e. The van der Waals surface area contributed by atoms with Crippen molar-refractivity contribution in [1.29, 1.82) is 0 Å². The summed E-state index contributed by atoms with van der Waals surface area (Å²) in [5, 5.41) is 8.62. The van der Waals surface area contributed by atoms with Gasteiger partial charge in [-0.2, -0.15) is 0 Å². The van der Waals surface area contributed by atoms with Gasteiger partial charge in [0.2, 0.25) is 5.91 Å². The van der Waals surface area contributed by atoms with Crippen molar-refractivity contribution in [2.24, 2.45) is 5.92 Å². The number of hydrogen-bond acceptors (Lipinski definition) is 5. The molecule has 6 rings (SSSR count). The molecule has 1 saturated carbocycles. The van der Waals surface area contributed by atoms with E-state index in [-0.39, 0.29) is 35.9 Å². The molecule has 3 heterocycles. The summed E-state index contributed by atoms with van der Waals surface area (Å²) in [5.74, 6) is 1.00. The van der Waals surface area contributed by atoms with Crippen molar-refractivity contribution in [1.82, 2.24) is 24.8 Å². The lowest BCUT2D eigenvalue weighted by Gasteiger charge is -2.42. The molecule has 2 amide bonds. The van der Waals surface area contributed by atoms with E-state index < -0.39 is 0 Å². The minimum atomic E-state index is -0.337. The summed E-state index contributed by atoms with van der Waals surface area (Å²) < 4.78 is 9.46. The fourth-order valence-electron chi connectivity index (χ4n) is 6.57. The van der Waals surface area contributed by atoms with Crippen LogP contribution in [0.5, 0.6) is 5.75 Å². The highest BCUT2D eigenvalue weighted by molar-refractivity contribution is 9.10. The van der Waals surface area contributed by atoms with E-state index in [0.29, 0.717) is 19.6 Å². The molecule has 1 aliphatic carbocycles. The van der Waals surface area contributed by atoms with Crippen LogP contribution in [0, 0.1) is 5.92 Å². The topological polar surface area (TPSA) is 80.6 Å². The van der Waals surface area contributed by atoms with Gasteiger partial charge in [-0.1, -0.05) is 58.6 Å². The molecule has 2 aliphatic heterocycles. The Bertz CT molecular complexity index is 1450. The van der Waals surface area contributed by atoms with Crippen LogP contribution in [0.25, 0.3) is 0 Å². The van der Waals surface area contributed by atoms with Crippen LogP contribution in [0.3, 0.4) is 0 Å². The van der Waals surface area contributed by atoms with Gasteiger partial charge in [0.25, 0.3) is 5.91 Å². The maximum absolute atomic E-state index is 14.1. The lowest BCUT2D eigenvalue weighted by atomic mass is 9.85. The molecule has 1 fully saturated rings. The number of hydrogen-bond donors (Lipinski definition) is 0. The predicted molar refractivity (Wildman–Crippen MR) is 160 cm³/mol. The van der Waals surface area contributed by atoms with Crippen LogP contribution < -0.4 is 4.74 Å². The van der Waals surface area contributed by atoms with Crippen molar-refractivity contribution in [3.8, 4) is 5.75 Å². The second kappa shape index (κ2) is 11.6. The number of nitrogens with zero attached hydrogens (tertiary/aromatic N) is 5. The number of aromatic nitrogens is 3. The zero-order valence-electron chi connectivity index (χ0n) is 24.1. The molecule has 41 heavy (non-hydrogen) atoms. The summed E-state index contributed by atoms with van der Waals surface area (Å²) in [6.45, 7) is 7.70. The molecule has 0 spiro atoms. The largest absolute Gasteiger partial charge is 0.484 e. The number of amides is 2. The van der Waals surface area contributed by atoms with Gasteiger partial charge in [-0.15, -0.1) is 5.10 Å². The molecule has 9 heteroatoms. The monoisotopic (exact) mass is 619 g/mol. The molecule has 3 aromatic rings. The van der Waals surface area contributed by atoms with Crippen molar-refractivity contribution in [2.75, 3.05) is 13.1 Å². The molecule has 216 valence electrons. The van der Waals surface area contributed by atoms with Gasteiger partial charge >= 0.3 is 0 Å². The first-order valence-electron chi connectivity index (χ1n) is 14.9. The van der Waals surface area contributed by atoms with Gasteiger partial charge in [0, 0.05) is 47.2 Å². The summed E-state index contributed by atoms with van der Waals surface area (Å²) >= 11 is 3.79. The van der Waals surface area contributed by atoms with Crippen LogP contribution in [0.15, 0.2) is 47.1 Å². The standard InChI is InChI=1S/C32H38BrN5O3/c1-20(2)38-18-27(34-35-38)21(3)41-29-14-13-26(33)25-15-16-37(31(39)22-9-5-4-6-10-22)28(30(25)29)19-36-17-23-11-7-8-12-24(23)32(36)40/h7-8,11-14,18,20-22,28H,4-6,9-10,15-17,19H2,1-3H3/t21-,28+/m0/s1. The number of fused-ring (bicyclic) bond motifs is 2. The van der Waals surface area contributed by atoms with Crippen LogP contribution in [-0.4, -0.2) is 49.7 Å². The molecular weight excluding hydrogens is 582 g/mol. The maximum atomic E-state index is 14.1. The van der Waals surface area contributed by atoms with Crippen LogP contribution in [0.2, 0.25) is 0 Å². The third-order valence-electron chi connectivity index (χ3n) is 8.88. The number of halogens is 1. The summed E-state index contributed by atoms with van der Waals surface area (Å²) in [5.41, 5.74) is 4.67. The molecule has 0 unspecified atom stereocenters. The van der Waals surface area contributed by atoms with Crippen molar-refractivity contribution < 1.29 is 14.3 Å². The summed E-state index contributed by atoms with van der Waals surface area (Å²) in [4.78, 5) is 31.5. The second-order valence-corrected chi connectivity index (χ2v) is 12.7. The van der Waals surface area contributed by atoms with E-state index in [0.717, 1.165) is 70.3 Å². The van der Waals surface area contributed by atoms with E-state index in [1.54, 1.807) is 0 Å². The zero-order valence-corrected chi connectivity index (χ0v) is 25.6. The van der Waals surface area contributed by atoms with Crippen LogP contribution >= 0.6 is 15.9 Å². The van der Waals surface area contributed by atoms with Crippen molar-refractivity contribution >= 4 is 27.7 Å². The smallest absolute Gasteiger partial charge is 0.254 e. The fraction of sp³-hybridized carbons (Fsp3) is 0.500. The van der Waals surface area contributed by atoms with Crippen molar-refractivity contribution in [3.05, 3.63) is 75.0 Å². The summed E-state index contributed by atoms with van der Waals surface area (Å²) in [6, 6.07) is 11.7. The first-order valence-corrected chi connectivity index (χ1v) is 15.7. The lowest BCUT2D eigenvalue weighted by molar-refractivity contribution is -0.140. The van der Waals surface area contributed by atoms with Crippen LogP contribution in [0.1, 0.15) is 104 Å². The molecule has 0 N–H and O–H groups in total. The van der Waals surface area contributed by atoms with E-state index in [9.17, 15) is 9.59 Å². The Labute approximate surface area is 250 Å². The van der Waals surface area contributed by atoms with Crippen molar-refractivity contribution in [2.45, 2.75) is 84.0 Å². The molecule has 2 aromatic carbocycles. The van der Waals surface area contributed by atoms with Crippen LogP contribution in [-0.2, 0) is 17.8 Å². The van der Waals surface area contributed by atoms with Gasteiger partial charge in [-0.3, -0.25) is 9.59 Å². The van der Waals surface area contributed by atoms with E-state index in [1.807, 2.05) is 64.0 Å². The number of benzene rings is 2. The minimum absolute atomic E-state index is 0.0221. The highest BCUT2D eigenvalue weighted by Gasteiger charge is 2.40. The normalized spacial score (nSPS) is 19.8. The van der Waals surface area contributed by atoms with Gasteiger partial charge in [0.05, 0.1) is 12.2 Å². The molecule has 2 atom stereocenters. The zero-order chi connectivity index (χ0) is 28.7. The second-order valence-electron chi connectivity index (χ2n) is 11.9. The van der Waals surface area contributed by atoms with Gasteiger partial charge in [-0.05, 0) is 69.4 Å². The molecule has 0 saturated heterocycles. The molecule has 3 aliphatic rings. The highest BCUT2D eigenvalue weighted by Crippen LogP contribution is 2.44. The SMILES string of the molecule is CC(C)n1cc([C@H](C)Oc2ccc(Br)c3c2[C@@H](CN2Cc4ccccc4C2=O)N(C(=O)C2CCCCC2)CC3)nn1. The average molecular weight is 621 g/mol. The van der Waals surface area contributed by atoms with Gasteiger partial charge in [-0.25, -0.2) is 4.68 Å². The predicted octanol–water partition coefficient (Wildman–Crippen LogP) is 6.42. The third kappa shape index (κ3) is 5.41. The summed E-state index contributed by atoms with van der Waals surface area (Å²) in [6.07, 6.45) is 7.59. The first kappa shape index (κ1) is 27.9. The lowest BCUT2D eigenvalue weighted by Crippen LogP contribution is -2.48. The highest BCUT2D eigenvalue weighted by atomic mass is 79.9. The average Bonchev–Trinajstić information content (AvgIpc) is 3.60. The Morgan fingerprint density at radius 3 is 2.61 bits per heavy atom. The van der Waals surface area contributed by atoms with Crippen LogP contribution in [0.4, 0.5) is 0 Å². The Morgan fingerprint density at radius 1 is 1.10 bits per heavy atom. The number of rotatable bonds is 7. The molecule has 1 aromatic heterocycles.